The summed E-state index contributed by atoms with van der Waals surface area (Å²) in [6, 6.07) is 7.95. The smallest absolute Gasteiger partial charge is 0.408 e. The molecular formula is C26H40N2O6. The normalized spacial score (nSPS) is 16.0. The van der Waals surface area contributed by atoms with Crippen LogP contribution < -0.4 is 10.6 Å². The first kappa shape index (κ1) is 27.8. The highest BCUT2D eigenvalue weighted by Gasteiger charge is 2.31. The van der Waals surface area contributed by atoms with Crippen LogP contribution in [0, 0.1) is 5.92 Å². The van der Waals surface area contributed by atoms with Crippen molar-refractivity contribution in [2.75, 3.05) is 13.2 Å². The highest BCUT2D eigenvalue weighted by atomic mass is 16.7. The van der Waals surface area contributed by atoms with Crippen molar-refractivity contribution < 1.29 is 28.6 Å². The third kappa shape index (κ3) is 10.2. The minimum absolute atomic E-state index is 0.0744. The highest BCUT2D eigenvalue weighted by molar-refractivity contribution is 5.86. The van der Waals surface area contributed by atoms with Gasteiger partial charge in [0, 0.05) is 19.6 Å². The van der Waals surface area contributed by atoms with Gasteiger partial charge in [-0.05, 0) is 38.7 Å². The summed E-state index contributed by atoms with van der Waals surface area (Å²) in [6.07, 6.45) is 4.71. The van der Waals surface area contributed by atoms with Crippen LogP contribution in [0.2, 0.25) is 0 Å². The van der Waals surface area contributed by atoms with Crippen molar-refractivity contribution >= 4 is 17.8 Å². The Kier molecular flexibility index (Phi) is 12.6. The van der Waals surface area contributed by atoms with Gasteiger partial charge in [0.15, 0.2) is 6.29 Å². The highest BCUT2D eigenvalue weighted by Crippen LogP contribution is 2.27. The molecule has 0 radical (unpaired) electrons. The molecule has 0 aliphatic heterocycles. The molecule has 0 saturated heterocycles. The van der Waals surface area contributed by atoms with Gasteiger partial charge in [-0.3, -0.25) is 9.59 Å². The number of hydrogen-bond donors (Lipinski definition) is 2. The van der Waals surface area contributed by atoms with Crippen LogP contribution in [0.4, 0.5) is 4.79 Å². The Labute approximate surface area is 203 Å². The van der Waals surface area contributed by atoms with Gasteiger partial charge >= 0.3 is 6.09 Å². The zero-order valence-electron chi connectivity index (χ0n) is 20.7. The number of ketones is 1. The molecule has 34 heavy (non-hydrogen) atoms. The van der Waals surface area contributed by atoms with Crippen molar-refractivity contribution in [1.29, 1.82) is 0 Å². The Morgan fingerprint density at radius 3 is 2.21 bits per heavy atom. The molecule has 2 N–H and O–H groups in total. The number of Topliss-reactive ketones (excluding diaryl/α,β-unsaturated/α-hetero) is 1. The van der Waals surface area contributed by atoms with Crippen molar-refractivity contribution in [2.24, 2.45) is 5.92 Å². The van der Waals surface area contributed by atoms with Crippen LogP contribution in [0.5, 0.6) is 0 Å². The predicted molar refractivity (Wildman–Crippen MR) is 129 cm³/mol. The van der Waals surface area contributed by atoms with Gasteiger partial charge in [0.25, 0.3) is 0 Å². The SMILES string of the molecule is CCOC(OCC)[C@H](CC(C)=O)NC(=O)[C@H](CC1CCCCC1)NC(=O)OCc1ccccc1. The topological polar surface area (TPSA) is 103 Å². The van der Waals surface area contributed by atoms with Gasteiger partial charge in [0.05, 0.1) is 6.04 Å². The van der Waals surface area contributed by atoms with Crippen LogP contribution in [0.15, 0.2) is 30.3 Å². The van der Waals surface area contributed by atoms with Gasteiger partial charge < -0.3 is 24.8 Å². The Morgan fingerprint density at radius 2 is 1.62 bits per heavy atom. The largest absolute Gasteiger partial charge is 0.445 e. The number of hydrogen-bond acceptors (Lipinski definition) is 6. The lowest BCUT2D eigenvalue weighted by Gasteiger charge is -2.30. The van der Waals surface area contributed by atoms with E-state index in [0.29, 0.717) is 25.6 Å². The number of rotatable bonds is 14. The Bertz CT molecular complexity index is 745. The van der Waals surface area contributed by atoms with E-state index in [9.17, 15) is 14.4 Å². The average Bonchev–Trinajstić information content (AvgIpc) is 2.83. The first-order chi connectivity index (χ1) is 16.4. The summed E-state index contributed by atoms with van der Waals surface area (Å²) in [5.74, 6) is -0.105. The summed E-state index contributed by atoms with van der Waals surface area (Å²) < 4.78 is 16.6. The molecule has 8 heteroatoms. The fourth-order valence-electron chi connectivity index (χ4n) is 4.31. The van der Waals surface area contributed by atoms with Gasteiger partial charge in [-0.25, -0.2) is 4.79 Å². The molecule has 1 aromatic rings. The summed E-state index contributed by atoms with van der Waals surface area (Å²) in [5, 5.41) is 5.66. The van der Waals surface area contributed by atoms with Crippen molar-refractivity contribution in [1.82, 2.24) is 10.6 Å². The number of carbonyl (C=O) groups is 3. The first-order valence-electron chi connectivity index (χ1n) is 12.4. The molecule has 1 aliphatic carbocycles. The van der Waals surface area contributed by atoms with Crippen LogP contribution in [0.25, 0.3) is 0 Å². The fourth-order valence-corrected chi connectivity index (χ4v) is 4.31. The molecule has 0 unspecified atom stereocenters. The first-order valence-corrected chi connectivity index (χ1v) is 12.4. The Balaban J connectivity index is 2.08. The van der Waals surface area contributed by atoms with Crippen molar-refractivity contribution in [3.05, 3.63) is 35.9 Å². The summed E-state index contributed by atoms with van der Waals surface area (Å²) in [4.78, 5) is 37.8. The van der Waals surface area contributed by atoms with Crippen molar-refractivity contribution in [3.63, 3.8) is 0 Å². The summed E-state index contributed by atoms with van der Waals surface area (Å²) in [7, 11) is 0. The van der Waals surface area contributed by atoms with E-state index < -0.39 is 24.5 Å². The molecule has 1 aromatic carbocycles. The fraction of sp³-hybridized carbons (Fsp3) is 0.654. The molecule has 1 fully saturated rings. The number of amides is 2. The molecular weight excluding hydrogens is 436 g/mol. The lowest BCUT2D eigenvalue weighted by atomic mass is 9.84. The number of carbonyl (C=O) groups excluding carboxylic acids is 3. The molecule has 0 spiro atoms. The maximum absolute atomic E-state index is 13.3. The summed E-state index contributed by atoms with van der Waals surface area (Å²) in [5.41, 5.74) is 0.865. The summed E-state index contributed by atoms with van der Waals surface area (Å²) >= 11 is 0. The van der Waals surface area contributed by atoms with Crippen LogP contribution >= 0.6 is 0 Å². The minimum Gasteiger partial charge on any atom is -0.445 e. The molecule has 190 valence electrons. The van der Waals surface area contributed by atoms with E-state index in [1.54, 1.807) is 0 Å². The monoisotopic (exact) mass is 476 g/mol. The van der Waals surface area contributed by atoms with Crippen LogP contribution in [0.1, 0.15) is 71.3 Å². The molecule has 0 heterocycles. The molecule has 1 saturated carbocycles. The molecule has 1 aliphatic rings. The van der Waals surface area contributed by atoms with E-state index in [1.807, 2.05) is 44.2 Å². The maximum Gasteiger partial charge on any atom is 0.408 e. The minimum atomic E-state index is -0.773. The molecule has 2 amide bonds. The van der Waals surface area contributed by atoms with E-state index in [0.717, 1.165) is 31.2 Å². The van der Waals surface area contributed by atoms with Crippen molar-refractivity contribution in [3.8, 4) is 0 Å². The number of benzene rings is 1. The van der Waals surface area contributed by atoms with Gasteiger partial charge in [-0.15, -0.1) is 0 Å². The van der Waals surface area contributed by atoms with Crippen LogP contribution in [-0.4, -0.2) is 49.4 Å². The maximum atomic E-state index is 13.3. The molecule has 8 nitrogen and oxygen atoms in total. The van der Waals surface area contributed by atoms with Gasteiger partial charge in [0.2, 0.25) is 5.91 Å². The predicted octanol–water partition coefficient (Wildman–Crippen LogP) is 4.11. The van der Waals surface area contributed by atoms with Gasteiger partial charge in [0.1, 0.15) is 18.4 Å². The van der Waals surface area contributed by atoms with Crippen LogP contribution in [0.3, 0.4) is 0 Å². The van der Waals surface area contributed by atoms with E-state index in [2.05, 4.69) is 10.6 Å². The zero-order valence-corrected chi connectivity index (χ0v) is 20.7. The Morgan fingerprint density at radius 1 is 0.971 bits per heavy atom. The standard InChI is InChI=1S/C26H40N2O6/c1-4-32-25(33-5-2)23(16-19(3)29)27-24(30)22(17-20-12-8-6-9-13-20)28-26(31)34-18-21-14-10-7-11-15-21/h7,10-11,14-15,20,22-23,25H,4-6,8-9,12-13,16-18H2,1-3H3,(H,27,30)(H,28,31)/t22-,23-/m0/s1. The molecule has 0 aromatic heterocycles. The molecule has 0 bridgehead atoms. The lowest BCUT2D eigenvalue weighted by Crippen LogP contribution is -2.54. The van der Waals surface area contributed by atoms with Gasteiger partial charge in [-0.2, -0.15) is 0 Å². The second-order valence-corrected chi connectivity index (χ2v) is 8.80. The van der Waals surface area contributed by atoms with E-state index in [4.69, 9.17) is 14.2 Å². The lowest BCUT2D eigenvalue weighted by molar-refractivity contribution is -0.161. The third-order valence-electron chi connectivity index (χ3n) is 5.94. The van der Waals surface area contributed by atoms with E-state index in [1.165, 1.54) is 13.3 Å². The number of ether oxygens (including phenoxy) is 3. The zero-order chi connectivity index (χ0) is 24.8. The second kappa shape index (κ2) is 15.5. The number of nitrogens with one attached hydrogen (secondary N) is 2. The van der Waals surface area contributed by atoms with E-state index >= 15 is 0 Å². The second-order valence-electron chi connectivity index (χ2n) is 8.80. The molecule has 2 atom stereocenters. The Hall–Kier alpha value is -2.45. The van der Waals surface area contributed by atoms with E-state index in [-0.39, 0.29) is 24.7 Å². The average molecular weight is 477 g/mol. The summed E-state index contributed by atoms with van der Waals surface area (Å²) in [6.45, 7) is 6.00. The third-order valence-corrected chi connectivity index (χ3v) is 5.94. The quantitative estimate of drug-likeness (QED) is 0.392. The molecule has 2 rings (SSSR count). The van der Waals surface area contributed by atoms with Crippen molar-refractivity contribution in [2.45, 2.75) is 90.7 Å². The van der Waals surface area contributed by atoms with Crippen LogP contribution in [-0.2, 0) is 30.4 Å². The van der Waals surface area contributed by atoms with Gasteiger partial charge in [-0.1, -0.05) is 62.4 Å². The number of alkyl carbamates (subject to hydrolysis) is 1.